The van der Waals surface area contributed by atoms with Gasteiger partial charge in [0.2, 0.25) is 5.91 Å². The van der Waals surface area contributed by atoms with Gasteiger partial charge < -0.3 is 11.1 Å². The van der Waals surface area contributed by atoms with E-state index < -0.39 is 17.9 Å². The van der Waals surface area contributed by atoms with E-state index in [0.717, 1.165) is 32.7 Å². The van der Waals surface area contributed by atoms with Crippen molar-refractivity contribution in [2.75, 3.05) is 0 Å². The molecule has 4 heteroatoms. The third-order valence-electron chi connectivity index (χ3n) is 6.24. The Morgan fingerprint density at radius 2 is 1.06 bits per heavy atom. The minimum atomic E-state index is -0.935. The number of hydrogen-bond donors (Lipinski definition) is 2. The van der Waals surface area contributed by atoms with Crippen LogP contribution in [0, 0.1) is 0 Å². The quantitative estimate of drug-likeness (QED) is 0.344. The smallest absolute Gasteiger partial charge is 0.253 e. The van der Waals surface area contributed by atoms with Crippen LogP contribution in [-0.4, -0.2) is 17.9 Å². The highest BCUT2D eigenvalue weighted by molar-refractivity contribution is 6.18. The monoisotopic (exact) mass is 444 g/mol. The van der Waals surface area contributed by atoms with Crippen LogP contribution < -0.4 is 11.1 Å². The Kier molecular flexibility index (Phi) is 5.79. The number of amides is 2. The lowest BCUT2D eigenvalue weighted by Gasteiger charge is -2.27. The van der Waals surface area contributed by atoms with Gasteiger partial charge in [0.15, 0.2) is 0 Å². The van der Waals surface area contributed by atoms with Gasteiger partial charge in [-0.05, 0) is 38.7 Å². The van der Waals surface area contributed by atoms with E-state index in [9.17, 15) is 9.59 Å². The fraction of sp³-hybridized carbons (Fsp3) is 0.0667. The lowest BCUT2D eigenvalue weighted by atomic mass is 9.84. The molecule has 0 saturated heterocycles. The van der Waals surface area contributed by atoms with E-state index in [4.69, 9.17) is 5.73 Å². The largest absolute Gasteiger partial charge is 0.368 e. The zero-order valence-corrected chi connectivity index (χ0v) is 18.5. The molecule has 0 aliphatic heterocycles. The molecule has 166 valence electrons. The first-order valence-electron chi connectivity index (χ1n) is 11.2. The van der Waals surface area contributed by atoms with Crippen LogP contribution in [0.3, 0.4) is 0 Å². The maximum Gasteiger partial charge on any atom is 0.253 e. The highest BCUT2D eigenvalue weighted by atomic mass is 16.2. The van der Waals surface area contributed by atoms with Gasteiger partial charge in [0.1, 0.15) is 6.04 Å². The summed E-state index contributed by atoms with van der Waals surface area (Å²) in [5.41, 5.74) is 8.26. The van der Waals surface area contributed by atoms with Gasteiger partial charge in [-0.2, -0.15) is 0 Å². The van der Waals surface area contributed by atoms with Crippen LogP contribution in [0.2, 0.25) is 0 Å². The number of hydrogen-bond acceptors (Lipinski definition) is 2. The standard InChI is InChI=1S/C30H24N2O2/c31-29(33)28(26(20-11-3-1-4-12-20)21-13-5-2-6-14-21)32-30(34)27-24-17-9-7-15-22(24)19-23-16-8-10-18-25(23)27/h1-19,26,28H,(H2,31,33)(H,32,34)/t28-/m1/s1. The van der Waals surface area contributed by atoms with Crippen molar-refractivity contribution in [1.29, 1.82) is 0 Å². The van der Waals surface area contributed by atoms with Crippen LogP contribution in [0.5, 0.6) is 0 Å². The number of fused-ring (bicyclic) bond motifs is 2. The third-order valence-corrected chi connectivity index (χ3v) is 6.24. The van der Waals surface area contributed by atoms with Gasteiger partial charge in [-0.15, -0.1) is 0 Å². The van der Waals surface area contributed by atoms with Crippen LogP contribution in [0.1, 0.15) is 27.4 Å². The summed E-state index contributed by atoms with van der Waals surface area (Å²) >= 11 is 0. The van der Waals surface area contributed by atoms with E-state index in [0.29, 0.717) is 5.56 Å². The van der Waals surface area contributed by atoms with Crippen LogP contribution in [-0.2, 0) is 4.79 Å². The number of benzene rings is 5. The first-order valence-corrected chi connectivity index (χ1v) is 11.2. The van der Waals surface area contributed by atoms with Crippen molar-refractivity contribution in [2.45, 2.75) is 12.0 Å². The zero-order valence-electron chi connectivity index (χ0n) is 18.5. The molecule has 0 aromatic heterocycles. The molecule has 2 amide bonds. The maximum atomic E-state index is 13.8. The lowest BCUT2D eigenvalue weighted by Crippen LogP contribution is -2.48. The normalized spacial score (nSPS) is 12.0. The van der Waals surface area contributed by atoms with Gasteiger partial charge in [0.05, 0.1) is 5.56 Å². The fourth-order valence-electron chi connectivity index (χ4n) is 4.69. The number of primary amides is 1. The molecule has 0 radical (unpaired) electrons. The second-order valence-corrected chi connectivity index (χ2v) is 8.35. The molecule has 5 aromatic carbocycles. The van der Waals surface area contributed by atoms with E-state index in [-0.39, 0.29) is 5.91 Å². The predicted molar refractivity (Wildman–Crippen MR) is 137 cm³/mol. The van der Waals surface area contributed by atoms with Gasteiger partial charge in [-0.1, -0.05) is 109 Å². The second-order valence-electron chi connectivity index (χ2n) is 8.35. The molecule has 3 N–H and O–H groups in total. The van der Waals surface area contributed by atoms with E-state index in [1.807, 2.05) is 109 Å². The van der Waals surface area contributed by atoms with E-state index >= 15 is 0 Å². The molecule has 0 aliphatic carbocycles. The Balaban J connectivity index is 1.63. The number of rotatable bonds is 6. The summed E-state index contributed by atoms with van der Waals surface area (Å²) in [7, 11) is 0. The lowest BCUT2D eigenvalue weighted by molar-refractivity contribution is -0.120. The number of carbonyl (C=O) groups excluding carboxylic acids is 2. The molecule has 5 aromatic rings. The third kappa shape index (κ3) is 4.02. The van der Waals surface area contributed by atoms with Crippen molar-refractivity contribution in [3.63, 3.8) is 0 Å². The van der Waals surface area contributed by atoms with Gasteiger partial charge in [-0.25, -0.2) is 0 Å². The summed E-state index contributed by atoms with van der Waals surface area (Å²) in [6, 6.07) is 36.0. The van der Waals surface area contributed by atoms with Crippen molar-refractivity contribution in [2.24, 2.45) is 5.73 Å². The molecular weight excluding hydrogens is 420 g/mol. The van der Waals surface area contributed by atoms with Crippen LogP contribution in [0.25, 0.3) is 21.5 Å². The summed E-state index contributed by atoms with van der Waals surface area (Å²) in [5, 5.41) is 6.59. The molecule has 0 heterocycles. The molecule has 0 spiro atoms. The van der Waals surface area contributed by atoms with Crippen LogP contribution in [0.15, 0.2) is 115 Å². The average molecular weight is 445 g/mol. The summed E-state index contributed by atoms with van der Waals surface area (Å²) in [4.78, 5) is 26.6. The Bertz CT molecular complexity index is 1390. The molecule has 0 fully saturated rings. The SMILES string of the molecule is NC(=O)[C@H](NC(=O)c1c2ccccc2cc2ccccc12)C(c1ccccc1)c1ccccc1. The molecule has 0 unspecified atom stereocenters. The Morgan fingerprint density at radius 3 is 1.53 bits per heavy atom. The zero-order chi connectivity index (χ0) is 23.5. The average Bonchev–Trinajstić information content (AvgIpc) is 2.88. The molecule has 1 atom stereocenters. The summed E-state index contributed by atoms with van der Waals surface area (Å²) in [6.07, 6.45) is 0. The first-order chi connectivity index (χ1) is 16.6. The highest BCUT2D eigenvalue weighted by Crippen LogP contribution is 2.31. The van der Waals surface area contributed by atoms with Gasteiger partial charge in [0, 0.05) is 5.92 Å². The molecule has 5 rings (SSSR count). The Labute approximate surface area is 198 Å². The highest BCUT2D eigenvalue weighted by Gasteiger charge is 2.32. The van der Waals surface area contributed by atoms with Crippen molar-refractivity contribution >= 4 is 33.4 Å². The van der Waals surface area contributed by atoms with Gasteiger partial charge in [-0.3, -0.25) is 9.59 Å². The summed E-state index contributed by atoms with van der Waals surface area (Å²) in [6.45, 7) is 0. The van der Waals surface area contributed by atoms with E-state index in [1.165, 1.54) is 0 Å². The molecule has 0 aliphatic rings. The molecule has 0 bridgehead atoms. The minimum Gasteiger partial charge on any atom is -0.368 e. The summed E-state index contributed by atoms with van der Waals surface area (Å²) in [5.74, 6) is -1.34. The molecule has 0 saturated carbocycles. The van der Waals surface area contributed by atoms with Gasteiger partial charge >= 0.3 is 0 Å². The van der Waals surface area contributed by atoms with Crippen molar-refractivity contribution in [3.8, 4) is 0 Å². The van der Waals surface area contributed by atoms with Crippen LogP contribution in [0.4, 0.5) is 0 Å². The van der Waals surface area contributed by atoms with E-state index in [1.54, 1.807) is 0 Å². The van der Waals surface area contributed by atoms with E-state index in [2.05, 4.69) is 11.4 Å². The number of nitrogens with one attached hydrogen (secondary N) is 1. The van der Waals surface area contributed by atoms with Crippen LogP contribution >= 0.6 is 0 Å². The first kappa shape index (κ1) is 21.4. The number of nitrogens with two attached hydrogens (primary N) is 1. The topological polar surface area (TPSA) is 72.2 Å². The molecular formula is C30H24N2O2. The molecule has 4 nitrogen and oxygen atoms in total. The maximum absolute atomic E-state index is 13.8. The van der Waals surface area contributed by atoms with Crippen molar-refractivity contribution in [3.05, 3.63) is 132 Å². The number of carbonyl (C=O) groups is 2. The Hall–Kier alpha value is -4.44. The second kappa shape index (κ2) is 9.20. The Morgan fingerprint density at radius 1 is 0.618 bits per heavy atom. The summed E-state index contributed by atoms with van der Waals surface area (Å²) < 4.78 is 0. The fourth-order valence-corrected chi connectivity index (χ4v) is 4.69. The predicted octanol–water partition coefficient (Wildman–Crippen LogP) is 5.41. The van der Waals surface area contributed by atoms with Gasteiger partial charge in [0.25, 0.3) is 5.91 Å². The van der Waals surface area contributed by atoms with Crippen molar-refractivity contribution < 1.29 is 9.59 Å². The molecule has 34 heavy (non-hydrogen) atoms. The van der Waals surface area contributed by atoms with Crippen molar-refractivity contribution in [1.82, 2.24) is 5.32 Å². The minimum absolute atomic E-state index is 0.325.